The van der Waals surface area contributed by atoms with E-state index < -0.39 is 0 Å². The van der Waals surface area contributed by atoms with Crippen molar-refractivity contribution in [3.63, 3.8) is 0 Å². The van der Waals surface area contributed by atoms with Crippen molar-refractivity contribution in [1.29, 1.82) is 0 Å². The molecule has 0 radical (unpaired) electrons. The molecule has 0 unspecified atom stereocenters. The van der Waals surface area contributed by atoms with Crippen LogP contribution in [-0.2, 0) is 20.7 Å². The van der Waals surface area contributed by atoms with Gasteiger partial charge >= 0.3 is 0 Å². The van der Waals surface area contributed by atoms with Crippen LogP contribution in [0.25, 0.3) is 10.9 Å². The van der Waals surface area contributed by atoms with Crippen LogP contribution in [0.1, 0.15) is 18.4 Å². The normalized spacial score (nSPS) is 10.5. The molecule has 1 amide bonds. The molecule has 2 rings (SSSR count). The second-order valence-electron chi connectivity index (χ2n) is 4.71. The number of aromatic amines is 1. The maximum atomic E-state index is 11.5. The van der Waals surface area contributed by atoms with E-state index in [-0.39, 0.29) is 18.3 Å². The highest BCUT2D eigenvalue weighted by molar-refractivity contribution is 5.84. The molecule has 112 valence electrons. The van der Waals surface area contributed by atoms with Gasteiger partial charge in [0.15, 0.2) is 0 Å². The number of aromatic hydroxyl groups is 1. The van der Waals surface area contributed by atoms with Crippen LogP contribution >= 0.6 is 0 Å². The lowest BCUT2D eigenvalue weighted by Gasteiger charge is -2.04. The van der Waals surface area contributed by atoms with Gasteiger partial charge in [0.05, 0.1) is 6.61 Å². The summed E-state index contributed by atoms with van der Waals surface area (Å²) in [5.74, 6) is 0.162. The summed E-state index contributed by atoms with van der Waals surface area (Å²) in [7, 11) is 0. The molecular formula is C15H18N2O4. The van der Waals surface area contributed by atoms with Gasteiger partial charge in [0.25, 0.3) is 6.47 Å². The third kappa shape index (κ3) is 4.24. The van der Waals surface area contributed by atoms with Gasteiger partial charge < -0.3 is 20.1 Å². The molecule has 0 aliphatic rings. The topological polar surface area (TPSA) is 91.4 Å². The Balaban J connectivity index is 1.78. The van der Waals surface area contributed by atoms with Crippen molar-refractivity contribution >= 4 is 23.3 Å². The van der Waals surface area contributed by atoms with Crippen molar-refractivity contribution in [2.75, 3.05) is 13.2 Å². The van der Waals surface area contributed by atoms with Gasteiger partial charge in [0.2, 0.25) is 5.91 Å². The third-order valence-corrected chi connectivity index (χ3v) is 3.20. The Morgan fingerprint density at radius 1 is 1.43 bits per heavy atom. The largest absolute Gasteiger partial charge is 0.508 e. The fraction of sp³-hybridized carbons (Fsp3) is 0.333. The fourth-order valence-electron chi connectivity index (χ4n) is 2.16. The standard InChI is InChI=1S/C15H18N2O4/c18-10-21-7-1-2-15(20)16-6-5-11-9-17-14-4-3-12(19)8-13(11)14/h3-4,8-10,17,19H,1-2,5-7H2,(H,16,20). The number of nitrogens with one attached hydrogen (secondary N) is 2. The number of ether oxygens (including phenoxy) is 1. The first-order chi connectivity index (χ1) is 10.2. The number of aromatic nitrogens is 1. The predicted molar refractivity (Wildman–Crippen MR) is 77.9 cm³/mol. The number of phenolic OH excluding ortho intramolecular Hbond substituents is 1. The molecule has 0 aliphatic carbocycles. The fourth-order valence-corrected chi connectivity index (χ4v) is 2.16. The summed E-state index contributed by atoms with van der Waals surface area (Å²) in [4.78, 5) is 24.6. The smallest absolute Gasteiger partial charge is 0.293 e. The van der Waals surface area contributed by atoms with E-state index in [0.717, 1.165) is 16.5 Å². The van der Waals surface area contributed by atoms with E-state index >= 15 is 0 Å². The zero-order chi connectivity index (χ0) is 15.1. The minimum Gasteiger partial charge on any atom is -0.508 e. The van der Waals surface area contributed by atoms with Crippen LogP contribution in [-0.4, -0.2) is 35.6 Å². The van der Waals surface area contributed by atoms with Crippen LogP contribution in [0.5, 0.6) is 5.75 Å². The van der Waals surface area contributed by atoms with Crippen LogP contribution in [0.4, 0.5) is 0 Å². The molecular weight excluding hydrogens is 272 g/mol. The summed E-state index contributed by atoms with van der Waals surface area (Å²) in [6.45, 7) is 1.17. The zero-order valence-corrected chi connectivity index (χ0v) is 11.6. The van der Waals surface area contributed by atoms with Crippen LogP contribution in [0.3, 0.4) is 0 Å². The highest BCUT2D eigenvalue weighted by atomic mass is 16.5. The molecule has 6 heteroatoms. The van der Waals surface area contributed by atoms with E-state index in [4.69, 9.17) is 0 Å². The number of amides is 1. The molecule has 2 aromatic rings. The lowest BCUT2D eigenvalue weighted by Crippen LogP contribution is -2.25. The Labute approximate surface area is 122 Å². The Hall–Kier alpha value is -2.50. The molecule has 0 atom stereocenters. The van der Waals surface area contributed by atoms with E-state index in [9.17, 15) is 14.7 Å². The molecule has 0 saturated carbocycles. The summed E-state index contributed by atoms with van der Waals surface area (Å²) >= 11 is 0. The second-order valence-corrected chi connectivity index (χ2v) is 4.71. The molecule has 1 heterocycles. The first kappa shape index (κ1) is 14.9. The number of carbonyl (C=O) groups excluding carboxylic acids is 2. The van der Waals surface area contributed by atoms with Crippen molar-refractivity contribution in [3.8, 4) is 5.75 Å². The Morgan fingerprint density at radius 3 is 3.10 bits per heavy atom. The quantitative estimate of drug-likeness (QED) is 0.507. The average molecular weight is 290 g/mol. The Morgan fingerprint density at radius 2 is 2.29 bits per heavy atom. The molecule has 0 saturated heterocycles. The predicted octanol–water partition coefficient (Wildman–Crippen LogP) is 1.49. The van der Waals surface area contributed by atoms with Gasteiger partial charge in [-0.05, 0) is 36.6 Å². The Kier molecular flexibility index (Phi) is 5.20. The number of benzene rings is 1. The molecule has 6 nitrogen and oxygen atoms in total. The van der Waals surface area contributed by atoms with Gasteiger partial charge in [-0.15, -0.1) is 0 Å². The van der Waals surface area contributed by atoms with Gasteiger partial charge in [-0.25, -0.2) is 0 Å². The van der Waals surface area contributed by atoms with E-state index in [1.807, 2.05) is 12.3 Å². The third-order valence-electron chi connectivity index (χ3n) is 3.20. The number of H-pyrrole nitrogens is 1. The lowest BCUT2D eigenvalue weighted by molar-refractivity contribution is -0.130. The summed E-state index contributed by atoms with van der Waals surface area (Å²) in [5.41, 5.74) is 2.01. The summed E-state index contributed by atoms with van der Waals surface area (Å²) in [5, 5.41) is 13.3. The average Bonchev–Trinajstić information content (AvgIpc) is 2.86. The molecule has 21 heavy (non-hydrogen) atoms. The van der Waals surface area contributed by atoms with Gasteiger partial charge in [-0.2, -0.15) is 0 Å². The highest BCUT2D eigenvalue weighted by Crippen LogP contribution is 2.22. The van der Waals surface area contributed by atoms with Crippen LogP contribution in [0.15, 0.2) is 24.4 Å². The number of hydrogen-bond donors (Lipinski definition) is 3. The second kappa shape index (κ2) is 7.33. The molecule has 0 bridgehead atoms. The van der Waals surface area contributed by atoms with Crippen LogP contribution in [0, 0.1) is 0 Å². The van der Waals surface area contributed by atoms with Crippen LogP contribution < -0.4 is 5.32 Å². The van der Waals surface area contributed by atoms with Crippen molar-refractivity contribution < 1.29 is 19.4 Å². The minimum absolute atomic E-state index is 0.0628. The first-order valence-corrected chi connectivity index (χ1v) is 6.81. The SMILES string of the molecule is O=COCCCC(=O)NCCc1c[nH]c2ccc(O)cc12. The maximum absolute atomic E-state index is 11.5. The molecule has 0 spiro atoms. The number of fused-ring (bicyclic) bond motifs is 1. The number of carbonyl (C=O) groups is 2. The molecule has 3 N–H and O–H groups in total. The van der Waals surface area contributed by atoms with Gasteiger partial charge in [0.1, 0.15) is 5.75 Å². The first-order valence-electron chi connectivity index (χ1n) is 6.81. The summed E-state index contributed by atoms with van der Waals surface area (Å²) in [6.07, 6.45) is 3.42. The lowest BCUT2D eigenvalue weighted by atomic mass is 10.1. The molecule has 1 aromatic carbocycles. The minimum atomic E-state index is -0.0628. The zero-order valence-electron chi connectivity index (χ0n) is 11.6. The van der Waals surface area contributed by atoms with Crippen molar-refractivity contribution in [3.05, 3.63) is 30.0 Å². The Bertz CT molecular complexity index is 621. The van der Waals surface area contributed by atoms with Crippen LogP contribution in [0.2, 0.25) is 0 Å². The van der Waals surface area contributed by atoms with Crippen molar-refractivity contribution in [2.24, 2.45) is 0 Å². The number of rotatable bonds is 8. The van der Waals surface area contributed by atoms with Crippen molar-refractivity contribution in [1.82, 2.24) is 10.3 Å². The van der Waals surface area contributed by atoms with Gasteiger partial charge in [0, 0.05) is 30.1 Å². The van der Waals surface area contributed by atoms with Crippen molar-refractivity contribution in [2.45, 2.75) is 19.3 Å². The van der Waals surface area contributed by atoms with E-state index in [1.165, 1.54) is 0 Å². The van der Waals surface area contributed by atoms with Gasteiger partial charge in [-0.3, -0.25) is 9.59 Å². The monoisotopic (exact) mass is 290 g/mol. The summed E-state index contributed by atoms with van der Waals surface area (Å²) in [6, 6.07) is 5.16. The molecule has 1 aromatic heterocycles. The maximum Gasteiger partial charge on any atom is 0.293 e. The number of hydrogen-bond acceptors (Lipinski definition) is 4. The van der Waals surface area contributed by atoms with E-state index in [0.29, 0.717) is 32.3 Å². The molecule has 0 aliphatic heterocycles. The molecule has 0 fully saturated rings. The highest BCUT2D eigenvalue weighted by Gasteiger charge is 2.06. The number of phenols is 1. The van der Waals surface area contributed by atoms with E-state index in [1.54, 1.807) is 12.1 Å². The van der Waals surface area contributed by atoms with E-state index in [2.05, 4.69) is 15.0 Å². The van der Waals surface area contributed by atoms with Gasteiger partial charge in [-0.1, -0.05) is 0 Å². The summed E-state index contributed by atoms with van der Waals surface area (Å²) < 4.78 is 4.52.